The van der Waals surface area contributed by atoms with Crippen molar-refractivity contribution in [3.05, 3.63) is 62.7 Å². The Morgan fingerprint density at radius 2 is 2.00 bits per heavy atom. The number of nitrogens with zero attached hydrogens (tertiary/aromatic N) is 1. The van der Waals surface area contributed by atoms with Crippen LogP contribution in [-0.4, -0.2) is 28.8 Å². The lowest BCUT2D eigenvalue weighted by molar-refractivity contribution is -0.121. The summed E-state index contributed by atoms with van der Waals surface area (Å²) in [5.74, 6) is 0.670. The van der Waals surface area contributed by atoms with Gasteiger partial charge in [0.1, 0.15) is 16.7 Å². The second kappa shape index (κ2) is 9.07. The molecule has 1 aliphatic heterocycles. The maximum atomic E-state index is 13.0. The van der Waals surface area contributed by atoms with E-state index in [2.05, 4.69) is 15.9 Å². The van der Waals surface area contributed by atoms with Crippen LogP contribution in [0.5, 0.6) is 11.5 Å². The van der Waals surface area contributed by atoms with Gasteiger partial charge in [0.2, 0.25) is 0 Å². The third kappa shape index (κ3) is 4.56. The number of hydrogen-bond donors (Lipinski definition) is 0. The normalized spacial score (nSPS) is 15.4. The monoisotopic (exact) mass is 481 g/mol. The molecule has 0 unspecified atom stereocenters. The van der Waals surface area contributed by atoms with E-state index in [1.807, 2.05) is 13.0 Å². The summed E-state index contributed by atoms with van der Waals surface area (Å²) in [4.78, 5) is 14.5. The zero-order valence-electron chi connectivity index (χ0n) is 15.2. The zero-order valence-corrected chi connectivity index (χ0v) is 18.4. The van der Waals surface area contributed by atoms with Crippen LogP contribution in [0.25, 0.3) is 6.08 Å². The molecule has 2 aromatic carbocycles. The van der Waals surface area contributed by atoms with Crippen LogP contribution in [0.15, 0.2) is 45.8 Å². The van der Waals surface area contributed by atoms with E-state index in [0.29, 0.717) is 31.7 Å². The molecule has 0 radical (unpaired) electrons. The Hall–Kier alpha value is -1.90. The first kappa shape index (κ1) is 20.8. The first-order valence-electron chi connectivity index (χ1n) is 8.43. The van der Waals surface area contributed by atoms with Crippen molar-refractivity contribution in [2.75, 3.05) is 13.7 Å². The Labute approximate surface area is 180 Å². The minimum Gasteiger partial charge on any atom is -0.493 e. The molecule has 1 fully saturated rings. The van der Waals surface area contributed by atoms with E-state index in [-0.39, 0.29) is 18.3 Å². The lowest BCUT2D eigenvalue weighted by atomic mass is 10.1. The Morgan fingerprint density at radius 1 is 1.29 bits per heavy atom. The van der Waals surface area contributed by atoms with E-state index in [4.69, 9.17) is 21.7 Å². The molecule has 1 saturated heterocycles. The molecular weight excluding hydrogens is 465 g/mol. The topological polar surface area (TPSA) is 38.8 Å². The lowest BCUT2D eigenvalue weighted by Crippen LogP contribution is -2.27. The SMILES string of the molecule is CCN1C(=O)/C(=C/c2cc(Br)c(OCc3ccc(F)cc3)c(OC)c2)SC1=S. The van der Waals surface area contributed by atoms with Crippen molar-refractivity contribution in [3.63, 3.8) is 0 Å². The van der Waals surface area contributed by atoms with Crippen LogP contribution >= 0.6 is 39.9 Å². The van der Waals surface area contributed by atoms with Crippen LogP contribution in [-0.2, 0) is 11.4 Å². The Morgan fingerprint density at radius 3 is 2.61 bits per heavy atom. The highest BCUT2D eigenvalue weighted by molar-refractivity contribution is 9.10. The fourth-order valence-electron chi connectivity index (χ4n) is 2.62. The summed E-state index contributed by atoms with van der Waals surface area (Å²) >= 11 is 10.0. The standard InChI is InChI=1S/C20H17BrFNO3S2/c1-3-23-19(24)17(28-20(23)27)10-13-8-15(21)18(16(9-13)25-2)26-11-12-4-6-14(22)7-5-12/h4-10H,3,11H2,1-2H3/b17-10-. The average Bonchev–Trinajstić information content (AvgIpc) is 2.94. The summed E-state index contributed by atoms with van der Waals surface area (Å²) in [7, 11) is 1.55. The number of carbonyl (C=O) groups is 1. The predicted octanol–water partition coefficient (Wildman–Crippen LogP) is 5.40. The number of likely N-dealkylation sites (N-methyl/N-ethyl adjacent to an activating group) is 1. The first-order valence-corrected chi connectivity index (χ1v) is 10.4. The van der Waals surface area contributed by atoms with Gasteiger partial charge in [0, 0.05) is 6.54 Å². The van der Waals surface area contributed by atoms with E-state index in [1.165, 1.54) is 23.9 Å². The number of methoxy groups -OCH3 is 1. The molecule has 0 aromatic heterocycles. The number of ether oxygens (including phenoxy) is 2. The molecule has 28 heavy (non-hydrogen) atoms. The maximum Gasteiger partial charge on any atom is 0.266 e. The number of rotatable bonds is 6. The summed E-state index contributed by atoms with van der Waals surface area (Å²) < 4.78 is 25.6. The molecule has 1 heterocycles. The summed E-state index contributed by atoms with van der Waals surface area (Å²) in [6.45, 7) is 2.70. The fourth-order valence-corrected chi connectivity index (χ4v) is 4.58. The number of hydrogen-bond acceptors (Lipinski definition) is 5. The molecular formula is C20H17BrFNO3S2. The van der Waals surface area contributed by atoms with Crippen molar-refractivity contribution in [3.8, 4) is 11.5 Å². The minimum atomic E-state index is -0.291. The summed E-state index contributed by atoms with van der Waals surface area (Å²) in [5.41, 5.74) is 1.62. The molecule has 2 aromatic rings. The lowest BCUT2D eigenvalue weighted by Gasteiger charge is -2.14. The van der Waals surface area contributed by atoms with Crippen LogP contribution < -0.4 is 9.47 Å². The molecule has 0 aliphatic carbocycles. The van der Waals surface area contributed by atoms with Gasteiger partial charge in [0.05, 0.1) is 16.5 Å². The molecule has 1 amide bonds. The van der Waals surface area contributed by atoms with E-state index in [9.17, 15) is 9.18 Å². The van der Waals surface area contributed by atoms with Gasteiger partial charge in [-0.1, -0.05) is 36.1 Å². The zero-order chi connectivity index (χ0) is 20.3. The Balaban J connectivity index is 1.83. The van der Waals surface area contributed by atoms with Gasteiger partial charge < -0.3 is 9.47 Å². The summed E-state index contributed by atoms with van der Waals surface area (Å²) in [5, 5.41) is 0. The smallest absolute Gasteiger partial charge is 0.266 e. The van der Waals surface area contributed by atoms with Gasteiger partial charge in [-0.15, -0.1) is 0 Å². The van der Waals surface area contributed by atoms with Crippen LogP contribution in [0.3, 0.4) is 0 Å². The summed E-state index contributed by atoms with van der Waals surface area (Å²) in [6.07, 6.45) is 1.78. The highest BCUT2D eigenvalue weighted by Crippen LogP contribution is 2.39. The van der Waals surface area contributed by atoms with Crippen molar-refractivity contribution in [2.24, 2.45) is 0 Å². The molecule has 0 saturated carbocycles. The van der Waals surface area contributed by atoms with E-state index < -0.39 is 0 Å². The van der Waals surface area contributed by atoms with E-state index in [0.717, 1.165) is 11.1 Å². The number of thioether (sulfide) groups is 1. The van der Waals surface area contributed by atoms with Gasteiger partial charge in [0.25, 0.3) is 5.91 Å². The highest BCUT2D eigenvalue weighted by Gasteiger charge is 2.30. The van der Waals surface area contributed by atoms with Crippen molar-refractivity contribution >= 4 is 56.2 Å². The second-order valence-corrected chi connectivity index (χ2v) is 8.41. The molecule has 4 nitrogen and oxygen atoms in total. The quantitative estimate of drug-likeness (QED) is 0.408. The molecule has 1 aliphatic rings. The predicted molar refractivity (Wildman–Crippen MR) is 117 cm³/mol. The Kier molecular flexibility index (Phi) is 6.74. The number of amides is 1. The van der Waals surface area contributed by atoms with E-state index >= 15 is 0 Å². The number of carbonyl (C=O) groups excluding carboxylic acids is 1. The van der Waals surface area contributed by atoms with E-state index in [1.54, 1.807) is 36.3 Å². The van der Waals surface area contributed by atoms with Gasteiger partial charge in [-0.25, -0.2) is 4.39 Å². The second-order valence-electron chi connectivity index (χ2n) is 5.88. The third-order valence-corrected chi connectivity index (χ3v) is 6.00. The van der Waals surface area contributed by atoms with Crippen LogP contribution in [0.2, 0.25) is 0 Å². The largest absolute Gasteiger partial charge is 0.493 e. The highest BCUT2D eigenvalue weighted by atomic mass is 79.9. The first-order chi connectivity index (χ1) is 13.4. The summed E-state index contributed by atoms with van der Waals surface area (Å²) in [6, 6.07) is 9.75. The molecule has 0 N–H and O–H groups in total. The molecule has 146 valence electrons. The molecule has 0 bridgehead atoms. The third-order valence-electron chi connectivity index (χ3n) is 4.04. The van der Waals surface area contributed by atoms with Crippen molar-refractivity contribution < 1.29 is 18.7 Å². The van der Waals surface area contributed by atoms with Gasteiger partial charge in [0.15, 0.2) is 11.5 Å². The van der Waals surface area contributed by atoms with Crippen LogP contribution in [0, 0.1) is 5.82 Å². The Bertz CT molecular complexity index is 947. The van der Waals surface area contributed by atoms with Gasteiger partial charge in [-0.2, -0.15) is 0 Å². The van der Waals surface area contributed by atoms with Gasteiger partial charge in [-0.05, 0) is 64.3 Å². The van der Waals surface area contributed by atoms with Gasteiger partial charge >= 0.3 is 0 Å². The number of benzene rings is 2. The van der Waals surface area contributed by atoms with Crippen molar-refractivity contribution in [1.29, 1.82) is 0 Å². The number of thiocarbonyl (C=S) groups is 1. The van der Waals surface area contributed by atoms with Crippen molar-refractivity contribution in [2.45, 2.75) is 13.5 Å². The van der Waals surface area contributed by atoms with Crippen LogP contribution in [0.4, 0.5) is 4.39 Å². The fraction of sp³-hybridized carbons (Fsp3) is 0.200. The minimum absolute atomic E-state index is 0.0933. The average molecular weight is 482 g/mol. The molecule has 0 spiro atoms. The number of halogens is 2. The van der Waals surface area contributed by atoms with Crippen LogP contribution in [0.1, 0.15) is 18.1 Å². The van der Waals surface area contributed by atoms with Crippen molar-refractivity contribution in [1.82, 2.24) is 4.90 Å². The maximum absolute atomic E-state index is 13.0. The molecule has 0 atom stereocenters. The van der Waals surface area contributed by atoms with Gasteiger partial charge in [-0.3, -0.25) is 9.69 Å². The molecule has 8 heteroatoms. The molecule has 3 rings (SSSR count).